The predicted octanol–water partition coefficient (Wildman–Crippen LogP) is 4.58. The number of amides is 1. The van der Waals surface area contributed by atoms with Crippen LogP contribution in [-0.2, 0) is 11.3 Å². The highest BCUT2D eigenvalue weighted by Crippen LogP contribution is 2.30. The average Bonchev–Trinajstić information content (AvgIpc) is 3.09. The molecule has 4 N–H and O–H groups in total. The molecular weight excluding hydrogens is 465 g/mol. The van der Waals surface area contributed by atoms with Crippen molar-refractivity contribution in [2.75, 3.05) is 5.32 Å². The topological polar surface area (TPSA) is 107 Å². The van der Waals surface area contributed by atoms with Crippen LogP contribution in [-0.4, -0.2) is 25.7 Å². The van der Waals surface area contributed by atoms with Crippen LogP contribution in [0, 0.1) is 0 Å². The molecule has 0 radical (unpaired) electrons. The number of nitrogens with zero attached hydrogens (tertiary/aromatic N) is 1. The highest BCUT2D eigenvalue weighted by atomic mass is 35.5. The molecule has 168 valence electrons. The van der Waals surface area contributed by atoms with Crippen LogP contribution >= 0.6 is 23.2 Å². The van der Waals surface area contributed by atoms with Crippen molar-refractivity contribution in [2.45, 2.75) is 12.6 Å². The fourth-order valence-corrected chi connectivity index (χ4v) is 3.64. The van der Waals surface area contributed by atoms with E-state index in [0.717, 1.165) is 15.7 Å². The number of rotatable bonds is 6. The second-order valence-corrected chi connectivity index (χ2v) is 8.22. The molecule has 0 fully saturated rings. The van der Waals surface area contributed by atoms with Gasteiger partial charge in [-0.05, 0) is 59.2 Å². The maximum Gasteiger partial charge on any atom is 0.329 e. The second-order valence-electron chi connectivity index (χ2n) is 7.34. The summed E-state index contributed by atoms with van der Waals surface area (Å²) in [4.78, 5) is 27.2. The van der Waals surface area contributed by atoms with Crippen molar-refractivity contribution in [3.05, 3.63) is 105 Å². The van der Waals surface area contributed by atoms with Crippen molar-refractivity contribution < 1.29 is 15.0 Å². The van der Waals surface area contributed by atoms with Gasteiger partial charge in [0.15, 0.2) is 0 Å². The number of H-pyrrole nitrogens is 1. The van der Waals surface area contributed by atoms with Crippen molar-refractivity contribution in [2.24, 2.45) is 0 Å². The van der Waals surface area contributed by atoms with Crippen LogP contribution in [0.5, 0.6) is 5.88 Å². The fourth-order valence-electron chi connectivity index (χ4n) is 3.39. The van der Waals surface area contributed by atoms with Gasteiger partial charge in [0.05, 0.1) is 0 Å². The first-order valence-corrected chi connectivity index (χ1v) is 10.7. The molecule has 0 aliphatic carbocycles. The molecule has 4 rings (SSSR count). The third-order valence-electron chi connectivity index (χ3n) is 5.07. The number of aromatic nitrogens is 2. The van der Waals surface area contributed by atoms with E-state index in [-0.39, 0.29) is 5.69 Å². The first-order chi connectivity index (χ1) is 15.8. The Bertz CT molecular complexity index is 1350. The fraction of sp³-hybridized carbons (Fsp3) is 0.0833. The molecule has 0 saturated carbocycles. The third-order valence-corrected chi connectivity index (χ3v) is 5.57. The van der Waals surface area contributed by atoms with Gasteiger partial charge in [-0.3, -0.25) is 9.36 Å². The Labute approximate surface area is 198 Å². The molecule has 1 heterocycles. The van der Waals surface area contributed by atoms with Crippen LogP contribution in [0.3, 0.4) is 0 Å². The Morgan fingerprint density at radius 1 is 0.970 bits per heavy atom. The number of imidazole rings is 1. The number of nitrogens with one attached hydrogen (secondary N) is 2. The summed E-state index contributed by atoms with van der Waals surface area (Å²) in [6.45, 7) is -0.443. The van der Waals surface area contributed by atoms with E-state index in [1.807, 2.05) is 18.2 Å². The number of aliphatic hydroxyl groups is 1. The summed E-state index contributed by atoms with van der Waals surface area (Å²) >= 11 is 11.8. The van der Waals surface area contributed by atoms with E-state index >= 15 is 0 Å². The molecule has 9 heteroatoms. The van der Waals surface area contributed by atoms with Crippen LogP contribution in [0.25, 0.3) is 11.1 Å². The molecule has 33 heavy (non-hydrogen) atoms. The van der Waals surface area contributed by atoms with Gasteiger partial charge in [0.25, 0.3) is 0 Å². The number of anilines is 1. The number of carbonyl (C=O) groups is 1. The van der Waals surface area contributed by atoms with E-state index in [0.29, 0.717) is 21.3 Å². The number of benzene rings is 3. The van der Waals surface area contributed by atoms with Gasteiger partial charge in [-0.25, -0.2) is 4.79 Å². The predicted molar refractivity (Wildman–Crippen MR) is 128 cm³/mol. The summed E-state index contributed by atoms with van der Waals surface area (Å²) in [5.74, 6) is -1.05. The molecule has 1 unspecified atom stereocenters. The lowest BCUT2D eigenvalue weighted by Crippen LogP contribution is -2.25. The zero-order chi connectivity index (χ0) is 23.5. The van der Waals surface area contributed by atoms with Gasteiger partial charge in [-0.2, -0.15) is 0 Å². The summed E-state index contributed by atoms with van der Waals surface area (Å²) in [6, 6.07) is 20.7. The molecule has 0 bridgehead atoms. The van der Waals surface area contributed by atoms with Gasteiger partial charge < -0.3 is 20.5 Å². The van der Waals surface area contributed by atoms with Crippen LogP contribution in [0.4, 0.5) is 5.69 Å². The van der Waals surface area contributed by atoms with Gasteiger partial charge in [0, 0.05) is 15.7 Å². The quantitative estimate of drug-likeness (QED) is 0.322. The monoisotopic (exact) mass is 483 g/mol. The molecule has 0 aliphatic heterocycles. The lowest BCUT2D eigenvalue weighted by molar-refractivity contribution is -0.116. The number of halogens is 2. The van der Waals surface area contributed by atoms with Gasteiger partial charge >= 0.3 is 5.69 Å². The van der Waals surface area contributed by atoms with Crippen LogP contribution in [0.2, 0.25) is 10.0 Å². The molecule has 1 atom stereocenters. The largest absolute Gasteiger partial charge is 0.493 e. The summed E-state index contributed by atoms with van der Waals surface area (Å²) in [6.07, 6.45) is -1.31. The van der Waals surface area contributed by atoms with Crippen molar-refractivity contribution in [3.63, 3.8) is 0 Å². The van der Waals surface area contributed by atoms with Crippen LogP contribution in [0.15, 0.2) is 77.6 Å². The molecule has 0 spiro atoms. The highest BCUT2D eigenvalue weighted by molar-refractivity contribution is 6.30. The Morgan fingerprint density at radius 3 is 2.27 bits per heavy atom. The summed E-state index contributed by atoms with van der Waals surface area (Å²) < 4.78 is 0.854. The number of aliphatic hydroxyl groups excluding tert-OH is 1. The molecule has 7 nitrogen and oxygen atoms in total. The number of carbonyl (C=O) groups excluding carboxylic acids is 1. The Morgan fingerprint density at radius 2 is 1.61 bits per heavy atom. The van der Waals surface area contributed by atoms with Gasteiger partial charge in [-0.15, -0.1) is 0 Å². The van der Waals surface area contributed by atoms with Gasteiger partial charge in [0.2, 0.25) is 11.8 Å². The molecule has 0 aliphatic rings. The maximum absolute atomic E-state index is 12.4. The van der Waals surface area contributed by atoms with Gasteiger partial charge in [-0.1, -0.05) is 53.5 Å². The smallest absolute Gasteiger partial charge is 0.329 e. The van der Waals surface area contributed by atoms with Crippen molar-refractivity contribution in [1.82, 2.24) is 9.55 Å². The lowest BCUT2D eigenvalue weighted by atomic mass is 9.99. The number of hydrogen-bond acceptors (Lipinski definition) is 4. The second kappa shape index (κ2) is 9.54. The first-order valence-electron chi connectivity index (χ1n) is 9.93. The lowest BCUT2D eigenvalue weighted by Gasteiger charge is -2.12. The number of aromatic amines is 1. The number of hydrogen-bond donors (Lipinski definition) is 4. The standard InChI is InChI=1S/C24H19Cl2N3O4/c25-17-6-4-14(5-7-17)15-2-1-3-16(12-15)22(31)21-23(32)29(24(33)28-21)13-20(30)27-19-10-8-18(26)9-11-19/h1-12,22,31-32H,13H2,(H,27,30)(H,28,33). The minimum absolute atomic E-state index is 0.104. The zero-order valence-corrected chi connectivity index (χ0v) is 18.6. The SMILES string of the molecule is O=C(Cn1c(O)c(C(O)c2cccc(-c3ccc(Cl)cc3)c2)[nH]c1=O)Nc1ccc(Cl)cc1. The number of aromatic hydroxyl groups is 1. The van der Waals surface area contributed by atoms with E-state index in [1.165, 1.54) is 0 Å². The van der Waals surface area contributed by atoms with E-state index in [2.05, 4.69) is 10.3 Å². The minimum atomic E-state index is -1.31. The molecule has 1 aromatic heterocycles. The van der Waals surface area contributed by atoms with E-state index < -0.39 is 30.1 Å². The van der Waals surface area contributed by atoms with Crippen LogP contribution in [0.1, 0.15) is 17.4 Å². The zero-order valence-electron chi connectivity index (χ0n) is 17.1. The molecule has 4 aromatic rings. The van der Waals surface area contributed by atoms with Crippen molar-refractivity contribution >= 4 is 34.8 Å². The molecule has 1 amide bonds. The Hall–Kier alpha value is -3.52. The van der Waals surface area contributed by atoms with Crippen LogP contribution < -0.4 is 11.0 Å². The van der Waals surface area contributed by atoms with Crippen molar-refractivity contribution in [3.8, 4) is 17.0 Å². The molecule has 3 aromatic carbocycles. The minimum Gasteiger partial charge on any atom is -0.493 e. The third kappa shape index (κ3) is 5.12. The summed E-state index contributed by atoms with van der Waals surface area (Å²) in [7, 11) is 0. The average molecular weight is 484 g/mol. The summed E-state index contributed by atoms with van der Waals surface area (Å²) in [5.41, 5.74) is 1.84. The summed E-state index contributed by atoms with van der Waals surface area (Å²) in [5, 5.41) is 25.2. The van der Waals surface area contributed by atoms with E-state index in [4.69, 9.17) is 23.2 Å². The van der Waals surface area contributed by atoms with Gasteiger partial charge in [0.1, 0.15) is 18.3 Å². The van der Waals surface area contributed by atoms with E-state index in [1.54, 1.807) is 54.6 Å². The molecule has 0 saturated heterocycles. The van der Waals surface area contributed by atoms with E-state index in [9.17, 15) is 19.8 Å². The maximum atomic E-state index is 12.4. The normalized spacial score (nSPS) is 11.8. The molecular formula is C24H19Cl2N3O4. The highest BCUT2D eigenvalue weighted by Gasteiger charge is 2.23. The Kier molecular flexibility index (Phi) is 6.55. The Balaban J connectivity index is 1.55. The first kappa shape index (κ1) is 22.7. The van der Waals surface area contributed by atoms with Crippen molar-refractivity contribution in [1.29, 1.82) is 0 Å².